The van der Waals surface area contributed by atoms with Crippen LogP contribution in [0.5, 0.6) is 0 Å². The monoisotopic (exact) mass is 276 g/mol. The molecule has 2 aromatic rings. The summed E-state index contributed by atoms with van der Waals surface area (Å²) in [7, 11) is 1.94. The van der Waals surface area contributed by atoms with Gasteiger partial charge in [-0.15, -0.1) is 5.10 Å². The Morgan fingerprint density at radius 3 is 2.25 bits per heavy atom. The van der Waals surface area contributed by atoms with Crippen molar-refractivity contribution in [1.82, 2.24) is 29.9 Å². The molecule has 2 aromatic heterocycles. The highest BCUT2D eigenvalue weighted by atomic mass is 15.4. The maximum atomic E-state index is 4.53. The molecule has 0 saturated carbocycles. The minimum Gasteiger partial charge on any atom is -0.308 e. The summed E-state index contributed by atoms with van der Waals surface area (Å²) in [6.07, 6.45) is 0. The molecule has 0 aromatic carbocycles. The minimum atomic E-state index is 0.0624. The second-order valence-corrected chi connectivity index (χ2v) is 6.23. The Labute approximate surface area is 120 Å². The summed E-state index contributed by atoms with van der Waals surface area (Å²) in [5.41, 5.74) is 2.24. The summed E-state index contributed by atoms with van der Waals surface area (Å²) >= 11 is 0. The highest BCUT2D eigenvalue weighted by Gasteiger charge is 2.19. The average molecular weight is 276 g/mol. The third-order valence-electron chi connectivity index (χ3n) is 3.18. The molecule has 1 N–H and O–H groups in total. The Kier molecular flexibility index (Phi) is 3.69. The predicted molar refractivity (Wildman–Crippen MR) is 78.9 cm³/mol. The van der Waals surface area contributed by atoms with Gasteiger partial charge in [-0.2, -0.15) is 9.78 Å². The van der Waals surface area contributed by atoms with Gasteiger partial charge in [0, 0.05) is 24.7 Å². The lowest BCUT2D eigenvalue weighted by molar-refractivity contribution is 0.423. The van der Waals surface area contributed by atoms with E-state index in [1.54, 1.807) is 0 Å². The van der Waals surface area contributed by atoms with E-state index in [4.69, 9.17) is 0 Å². The van der Waals surface area contributed by atoms with Gasteiger partial charge in [-0.25, -0.2) is 4.98 Å². The van der Waals surface area contributed by atoms with Gasteiger partial charge in [0.1, 0.15) is 11.6 Å². The zero-order valence-electron chi connectivity index (χ0n) is 13.4. The first-order chi connectivity index (χ1) is 9.19. The molecule has 0 aliphatic rings. The SMILES string of the molecule is Cc1nc(C)n(-c2c(CNC(C)(C)C)c(C)nn2C)n1. The molecule has 0 saturated heterocycles. The topological polar surface area (TPSA) is 60.6 Å². The average Bonchev–Trinajstić information content (AvgIpc) is 2.74. The predicted octanol–water partition coefficient (Wildman–Crippen LogP) is 1.81. The van der Waals surface area contributed by atoms with Crippen molar-refractivity contribution >= 4 is 0 Å². The highest BCUT2D eigenvalue weighted by molar-refractivity contribution is 5.38. The van der Waals surface area contributed by atoms with Crippen molar-refractivity contribution in [2.24, 2.45) is 7.05 Å². The van der Waals surface area contributed by atoms with Crippen LogP contribution in [0.1, 0.15) is 43.7 Å². The fraction of sp³-hybridized carbons (Fsp3) is 0.643. The van der Waals surface area contributed by atoms with Gasteiger partial charge in [-0.3, -0.25) is 4.68 Å². The maximum Gasteiger partial charge on any atom is 0.158 e. The largest absolute Gasteiger partial charge is 0.308 e. The molecule has 0 amide bonds. The van der Waals surface area contributed by atoms with Crippen molar-refractivity contribution < 1.29 is 0 Å². The van der Waals surface area contributed by atoms with Crippen LogP contribution in [0.2, 0.25) is 0 Å². The molecule has 0 aliphatic carbocycles. The van der Waals surface area contributed by atoms with Crippen molar-refractivity contribution in [1.29, 1.82) is 0 Å². The zero-order valence-corrected chi connectivity index (χ0v) is 13.4. The van der Waals surface area contributed by atoms with E-state index in [9.17, 15) is 0 Å². The minimum absolute atomic E-state index is 0.0624. The summed E-state index contributed by atoms with van der Waals surface area (Å²) in [6.45, 7) is 13.1. The Morgan fingerprint density at radius 2 is 1.75 bits per heavy atom. The molecular weight excluding hydrogens is 252 g/mol. The molecular formula is C14H24N6. The molecule has 0 atom stereocenters. The Hall–Kier alpha value is -1.69. The number of rotatable bonds is 3. The summed E-state index contributed by atoms with van der Waals surface area (Å²) in [6, 6.07) is 0. The van der Waals surface area contributed by atoms with E-state index in [0.717, 1.165) is 35.3 Å². The van der Waals surface area contributed by atoms with Gasteiger partial charge in [0.05, 0.1) is 5.69 Å². The molecule has 0 fully saturated rings. The first-order valence-corrected chi connectivity index (χ1v) is 6.87. The Balaban J connectivity index is 2.45. The van der Waals surface area contributed by atoms with Gasteiger partial charge < -0.3 is 5.32 Å². The fourth-order valence-electron chi connectivity index (χ4n) is 2.24. The van der Waals surface area contributed by atoms with E-state index in [1.165, 1.54) is 0 Å². The van der Waals surface area contributed by atoms with Crippen LogP contribution >= 0.6 is 0 Å². The van der Waals surface area contributed by atoms with Crippen molar-refractivity contribution in [3.05, 3.63) is 22.9 Å². The molecule has 110 valence electrons. The first kappa shape index (κ1) is 14.7. The van der Waals surface area contributed by atoms with Crippen LogP contribution in [0.4, 0.5) is 0 Å². The second-order valence-electron chi connectivity index (χ2n) is 6.23. The smallest absolute Gasteiger partial charge is 0.158 e. The number of nitrogens with one attached hydrogen (secondary N) is 1. The number of aryl methyl sites for hydroxylation is 4. The van der Waals surface area contributed by atoms with Crippen LogP contribution in [-0.2, 0) is 13.6 Å². The molecule has 6 heteroatoms. The quantitative estimate of drug-likeness (QED) is 0.929. The Bertz CT molecular complexity index is 614. The molecule has 0 bridgehead atoms. The molecule has 0 spiro atoms. The van der Waals surface area contributed by atoms with E-state index < -0.39 is 0 Å². The molecule has 6 nitrogen and oxygen atoms in total. The van der Waals surface area contributed by atoms with Gasteiger partial charge >= 0.3 is 0 Å². The zero-order chi connectivity index (χ0) is 15.1. The van der Waals surface area contributed by atoms with Crippen molar-refractivity contribution in [3.63, 3.8) is 0 Å². The number of hydrogen-bond donors (Lipinski definition) is 1. The lowest BCUT2D eigenvalue weighted by Crippen LogP contribution is -2.35. The molecule has 2 rings (SSSR count). The van der Waals surface area contributed by atoms with E-state index in [2.05, 4.69) is 41.3 Å². The highest BCUT2D eigenvalue weighted by Crippen LogP contribution is 2.19. The maximum absolute atomic E-state index is 4.53. The molecule has 0 unspecified atom stereocenters. The molecule has 0 radical (unpaired) electrons. The lowest BCUT2D eigenvalue weighted by Gasteiger charge is -2.21. The van der Waals surface area contributed by atoms with Gasteiger partial charge in [0.15, 0.2) is 5.82 Å². The van der Waals surface area contributed by atoms with Crippen molar-refractivity contribution in [2.45, 2.75) is 53.6 Å². The molecule has 2 heterocycles. The third-order valence-corrected chi connectivity index (χ3v) is 3.18. The normalized spacial score (nSPS) is 12.2. The number of aromatic nitrogens is 5. The summed E-state index contributed by atoms with van der Waals surface area (Å²) in [5.74, 6) is 2.64. The second kappa shape index (κ2) is 5.01. The summed E-state index contributed by atoms with van der Waals surface area (Å²) in [4.78, 5) is 4.38. The van der Waals surface area contributed by atoms with Gasteiger partial charge in [-0.1, -0.05) is 0 Å². The van der Waals surface area contributed by atoms with Gasteiger partial charge in [-0.05, 0) is 41.5 Å². The van der Waals surface area contributed by atoms with Crippen molar-refractivity contribution in [2.75, 3.05) is 0 Å². The summed E-state index contributed by atoms with van der Waals surface area (Å²) < 4.78 is 3.74. The van der Waals surface area contributed by atoms with Crippen LogP contribution in [0, 0.1) is 20.8 Å². The van der Waals surface area contributed by atoms with Crippen LogP contribution in [-0.4, -0.2) is 30.1 Å². The summed E-state index contributed by atoms with van der Waals surface area (Å²) in [5, 5.41) is 12.5. The van der Waals surface area contributed by atoms with Gasteiger partial charge in [0.25, 0.3) is 0 Å². The van der Waals surface area contributed by atoms with Crippen LogP contribution in [0.15, 0.2) is 0 Å². The fourth-order valence-corrected chi connectivity index (χ4v) is 2.24. The standard InChI is InChI=1S/C14H24N6/c1-9-12(8-15-14(4,5)6)13(19(7)17-9)20-11(3)16-10(2)18-20/h15H,8H2,1-7H3. The van der Waals surface area contributed by atoms with Gasteiger partial charge in [0.2, 0.25) is 0 Å². The van der Waals surface area contributed by atoms with E-state index >= 15 is 0 Å². The number of hydrogen-bond acceptors (Lipinski definition) is 4. The van der Waals surface area contributed by atoms with Crippen molar-refractivity contribution in [3.8, 4) is 5.82 Å². The Morgan fingerprint density at radius 1 is 1.10 bits per heavy atom. The number of nitrogens with zero attached hydrogens (tertiary/aromatic N) is 5. The first-order valence-electron chi connectivity index (χ1n) is 6.87. The van der Waals surface area contributed by atoms with Crippen LogP contribution in [0.3, 0.4) is 0 Å². The van der Waals surface area contributed by atoms with E-state index in [1.807, 2.05) is 37.2 Å². The van der Waals surface area contributed by atoms with Crippen LogP contribution in [0.25, 0.3) is 5.82 Å². The third kappa shape index (κ3) is 2.90. The van der Waals surface area contributed by atoms with Crippen LogP contribution < -0.4 is 5.32 Å². The molecule has 0 aliphatic heterocycles. The van der Waals surface area contributed by atoms with E-state index in [0.29, 0.717) is 0 Å². The lowest BCUT2D eigenvalue weighted by atomic mass is 10.1. The van der Waals surface area contributed by atoms with E-state index in [-0.39, 0.29) is 5.54 Å². The molecule has 20 heavy (non-hydrogen) atoms.